The first-order chi connectivity index (χ1) is 13.0. The first-order valence-electron chi connectivity index (χ1n) is 9.92. The van der Waals surface area contributed by atoms with Gasteiger partial charge < -0.3 is 10.1 Å². The summed E-state index contributed by atoms with van der Waals surface area (Å²) in [6.07, 6.45) is 4.22. The minimum absolute atomic E-state index is 0.0564. The maximum atomic E-state index is 12.6. The third-order valence-corrected chi connectivity index (χ3v) is 5.14. The Labute approximate surface area is 168 Å². The summed E-state index contributed by atoms with van der Waals surface area (Å²) in [5.74, 6) is 0.768. The topological polar surface area (TPSA) is 38.3 Å². The van der Waals surface area contributed by atoms with E-state index in [1.165, 1.54) is 5.56 Å². The van der Waals surface area contributed by atoms with Crippen molar-refractivity contribution in [2.45, 2.75) is 65.0 Å². The summed E-state index contributed by atoms with van der Waals surface area (Å²) in [7, 11) is 0. The molecule has 0 unspecified atom stereocenters. The Balaban J connectivity index is 1.72. The van der Waals surface area contributed by atoms with Gasteiger partial charge in [0, 0.05) is 18.1 Å². The van der Waals surface area contributed by atoms with Crippen molar-refractivity contribution >= 4 is 12.0 Å². The minimum atomic E-state index is -0.313. The second-order valence-corrected chi connectivity index (χ2v) is 9.37. The normalized spacial score (nSPS) is 18.4. The fourth-order valence-electron chi connectivity index (χ4n) is 3.59. The van der Waals surface area contributed by atoms with Gasteiger partial charge in [-0.2, -0.15) is 0 Å². The highest BCUT2D eigenvalue weighted by Gasteiger charge is 2.34. The molecule has 0 aromatic heterocycles. The minimum Gasteiger partial charge on any atom is -0.487 e. The summed E-state index contributed by atoms with van der Waals surface area (Å²) in [5, 5.41) is 3.16. The van der Waals surface area contributed by atoms with E-state index in [4.69, 9.17) is 4.74 Å². The number of benzene rings is 2. The van der Waals surface area contributed by atoms with Gasteiger partial charge in [-0.3, -0.25) is 4.79 Å². The summed E-state index contributed by atoms with van der Waals surface area (Å²) in [5.41, 5.74) is 4.33. The predicted octanol–water partition coefficient (Wildman–Crippen LogP) is 5.72. The molecule has 3 heteroatoms. The molecule has 1 amide bonds. The average Bonchev–Trinajstić information content (AvgIpc) is 2.59. The third-order valence-electron chi connectivity index (χ3n) is 5.14. The largest absolute Gasteiger partial charge is 0.487 e. The van der Waals surface area contributed by atoms with E-state index in [1.807, 2.05) is 18.2 Å². The van der Waals surface area contributed by atoms with Crippen molar-refractivity contribution in [3.63, 3.8) is 0 Å². The Kier molecular flexibility index (Phi) is 5.38. The molecular weight excluding hydrogens is 346 g/mol. The molecule has 1 aliphatic heterocycles. The van der Waals surface area contributed by atoms with Crippen molar-refractivity contribution in [2.75, 3.05) is 0 Å². The standard InChI is InChI=1S/C25H31NO2/c1-17-7-13-22-20(15-17)21(16-25(5,6)28-22)26-23(27)14-10-18-8-11-19(12-9-18)24(2,3)4/h7-15,21H,16H2,1-6H3,(H,26,27)/b14-10+/t21-/m1/s1. The zero-order valence-corrected chi connectivity index (χ0v) is 17.8. The molecule has 28 heavy (non-hydrogen) atoms. The highest BCUT2D eigenvalue weighted by Crippen LogP contribution is 2.39. The van der Waals surface area contributed by atoms with Crippen LogP contribution in [-0.2, 0) is 10.2 Å². The molecule has 1 atom stereocenters. The second-order valence-electron chi connectivity index (χ2n) is 9.37. The number of hydrogen-bond acceptors (Lipinski definition) is 2. The molecule has 1 N–H and O–H groups in total. The number of fused-ring (bicyclic) bond motifs is 1. The van der Waals surface area contributed by atoms with E-state index >= 15 is 0 Å². The monoisotopic (exact) mass is 377 g/mol. The average molecular weight is 378 g/mol. The van der Waals surface area contributed by atoms with Crippen molar-refractivity contribution in [1.82, 2.24) is 5.32 Å². The molecule has 0 saturated heterocycles. The Morgan fingerprint density at radius 2 is 1.82 bits per heavy atom. The first-order valence-corrected chi connectivity index (χ1v) is 9.92. The lowest BCUT2D eigenvalue weighted by Gasteiger charge is -2.38. The molecule has 3 rings (SSSR count). The van der Waals surface area contributed by atoms with E-state index < -0.39 is 0 Å². The van der Waals surface area contributed by atoms with Gasteiger partial charge in [-0.05, 0) is 49.5 Å². The van der Waals surface area contributed by atoms with Crippen LogP contribution in [0.1, 0.15) is 69.3 Å². The quantitative estimate of drug-likeness (QED) is 0.694. The molecule has 0 aliphatic carbocycles. The van der Waals surface area contributed by atoms with E-state index in [1.54, 1.807) is 6.08 Å². The first kappa shape index (κ1) is 20.2. The van der Waals surface area contributed by atoms with Crippen LogP contribution in [0.4, 0.5) is 0 Å². The maximum Gasteiger partial charge on any atom is 0.244 e. The zero-order chi connectivity index (χ0) is 20.5. The number of carbonyl (C=O) groups excluding carboxylic acids is 1. The molecule has 0 saturated carbocycles. The van der Waals surface area contributed by atoms with Gasteiger partial charge in [-0.15, -0.1) is 0 Å². The number of aryl methyl sites for hydroxylation is 1. The fourth-order valence-corrected chi connectivity index (χ4v) is 3.59. The molecular formula is C25H31NO2. The number of ether oxygens (including phenoxy) is 1. The lowest BCUT2D eigenvalue weighted by molar-refractivity contribution is -0.117. The summed E-state index contributed by atoms with van der Waals surface area (Å²) in [6.45, 7) is 12.8. The van der Waals surface area contributed by atoms with Crippen LogP contribution in [-0.4, -0.2) is 11.5 Å². The lowest BCUT2D eigenvalue weighted by atomic mass is 9.87. The van der Waals surface area contributed by atoms with Gasteiger partial charge in [0.2, 0.25) is 5.91 Å². The Morgan fingerprint density at radius 3 is 2.46 bits per heavy atom. The highest BCUT2D eigenvalue weighted by atomic mass is 16.5. The van der Waals surface area contributed by atoms with Crippen LogP contribution in [0, 0.1) is 6.92 Å². The predicted molar refractivity (Wildman–Crippen MR) is 116 cm³/mol. The van der Waals surface area contributed by atoms with Gasteiger partial charge in [0.25, 0.3) is 0 Å². The Morgan fingerprint density at radius 1 is 1.14 bits per heavy atom. The van der Waals surface area contributed by atoms with Gasteiger partial charge in [-0.1, -0.05) is 62.7 Å². The number of carbonyl (C=O) groups is 1. The van der Waals surface area contributed by atoms with Crippen LogP contribution in [0.15, 0.2) is 48.5 Å². The van der Waals surface area contributed by atoms with Crippen molar-refractivity contribution in [1.29, 1.82) is 0 Å². The van der Waals surface area contributed by atoms with Crippen molar-refractivity contribution < 1.29 is 9.53 Å². The highest BCUT2D eigenvalue weighted by molar-refractivity contribution is 5.92. The maximum absolute atomic E-state index is 12.6. The number of nitrogens with one attached hydrogen (secondary N) is 1. The van der Waals surface area contributed by atoms with Crippen LogP contribution in [0.25, 0.3) is 6.08 Å². The van der Waals surface area contributed by atoms with Crippen molar-refractivity contribution in [3.05, 3.63) is 70.8 Å². The van der Waals surface area contributed by atoms with Crippen LogP contribution in [0.2, 0.25) is 0 Å². The SMILES string of the molecule is Cc1ccc2c(c1)[C@H](NC(=O)/C=C/c1ccc(C(C)(C)C)cc1)CC(C)(C)O2. The van der Waals surface area contributed by atoms with E-state index in [0.717, 1.165) is 28.9 Å². The number of hydrogen-bond donors (Lipinski definition) is 1. The smallest absolute Gasteiger partial charge is 0.244 e. The zero-order valence-electron chi connectivity index (χ0n) is 17.8. The van der Waals surface area contributed by atoms with E-state index in [9.17, 15) is 4.79 Å². The van der Waals surface area contributed by atoms with Crippen LogP contribution in [0.3, 0.4) is 0 Å². The molecule has 2 aromatic carbocycles. The lowest BCUT2D eigenvalue weighted by Crippen LogP contribution is -2.41. The van der Waals surface area contributed by atoms with Crippen LogP contribution < -0.4 is 10.1 Å². The molecule has 0 spiro atoms. The van der Waals surface area contributed by atoms with E-state index in [0.29, 0.717) is 0 Å². The Hall–Kier alpha value is -2.55. The molecule has 0 radical (unpaired) electrons. The Bertz CT molecular complexity index is 886. The molecule has 1 heterocycles. The van der Waals surface area contributed by atoms with Crippen LogP contribution >= 0.6 is 0 Å². The molecule has 0 fully saturated rings. The third kappa shape index (κ3) is 4.83. The van der Waals surface area contributed by atoms with E-state index in [2.05, 4.69) is 77.2 Å². The summed E-state index contributed by atoms with van der Waals surface area (Å²) >= 11 is 0. The van der Waals surface area contributed by atoms with Gasteiger partial charge in [0.05, 0.1) is 6.04 Å². The molecule has 3 nitrogen and oxygen atoms in total. The van der Waals surface area contributed by atoms with Gasteiger partial charge >= 0.3 is 0 Å². The fraction of sp³-hybridized carbons (Fsp3) is 0.400. The molecule has 2 aromatic rings. The van der Waals surface area contributed by atoms with Gasteiger partial charge in [-0.25, -0.2) is 0 Å². The second kappa shape index (κ2) is 7.46. The number of amides is 1. The van der Waals surface area contributed by atoms with Gasteiger partial charge in [0.15, 0.2) is 0 Å². The van der Waals surface area contributed by atoms with Crippen LogP contribution in [0.5, 0.6) is 5.75 Å². The number of rotatable bonds is 3. The van der Waals surface area contributed by atoms with Crippen molar-refractivity contribution in [2.24, 2.45) is 0 Å². The molecule has 1 aliphatic rings. The van der Waals surface area contributed by atoms with Gasteiger partial charge in [0.1, 0.15) is 11.4 Å². The van der Waals surface area contributed by atoms with E-state index in [-0.39, 0.29) is 23.0 Å². The molecule has 148 valence electrons. The summed E-state index contributed by atoms with van der Waals surface area (Å²) < 4.78 is 6.08. The molecule has 0 bridgehead atoms. The summed E-state index contributed by atoms with van der Waals surface area (Å²) in [6, 6.07) is 14.4. The van der Waals surface area contributed by atoms with Crippen molar-refractivity contribution in [3.8, 4) is 5.75 Å². The summed E-state index contributed by atoms with van der Waals surface area (Å²) in [4.78, 5) is 12.6.